The molecule has 0 aliphatic carbocycles. The molecule has 0 saturated carbocycles. The summed E-state index contributed by atoms with van der Waals surface area (Å²) in [6, 6.07) is 3.39. The van der Waals surface area contributed by atoms with Crippen molar-refractivity contribution in [2.45, 2.75) is 12.8 Å². The van der Waals surface area contributed by atoms with Crippen LogP contribution in [-0.4, -0.2) is 18.3 Å². The van der Waals surface area contributed by atoms with E-state index in [4.69, 9.17) is 45.6 Å². The van der Waals surface area contributed by atoms with Crippen LogP contribution in [0.4, 0.5) is 0 Å². The fourth-order valence-corrected chi connectivity index (χ4v) is 2.17. The van der Waals surface area contributed by atoms with Gasteiger partial charge < -0.3 is 10.8 Å². The van der Waals surface area contributed by atoms with E-state index in [1.165, 1.54) is 0 Å². The molecule has 16 heavy (non-hydrogen) atoms. The SMILES string of the molecule is NCC(CO)CCc1c(Cl)ccc(Cl)c1Cl. The standard InChI is InChI=1S/C11H14Cl3NO/c12-9-3-4-10(13)11(14)8(9)2-1-7(5-15)6-16/h3-4,7,16H,1-2,5-6,15H2. The van der Waals surface area contributed by atoms with Crippen LogP contribution in [0.15, 0.2) is 12.1 Å². The first-order valence-electron chi connectivity index (χ1n) is 5.03. The minimum atomic E-state index is 0.0751. The molecular weight excluding hydrogens is 268 g/mol. The summed E-state index contributed by atoms with van der Waals surface area (Å²) < 4.78 is 0. The van der Waals surface area contributed by atoms with Crippen LogP contribution < -0.4 is 5.73 Å². The van der Waals surface area contributed by atoms with Crippen molar-refractivity contribution in [3.05, 3.63) is 32.8 Å². The molecule has 90 valence electrons. The molecule has 0 radical (unpaired) electrons. The number of hydrogen-bond acceptors (Lipinski definition) is 2. The monoisotopic (exact) mass is 281 g/mol. The molecule has 1 rings (SSSR count). The van der Waals surface area contributed by atoms with E-state index < -0.39 is 0 Å². The maximum atomic E-state index is 9.03. The molecule has 0 aliphatic heterocycles. The quantitative estimate of drug-likeness (QED) is 0.815. The van der Waals surface area contributed by atoms with E-state index in [1.54, 1.807) is 12.1 Å². The zero-order valence-corrected chi connectivity index (χ0v) is 11.0. The highest BCUT2D eigenvalue weighted by Gasteiger charge is 2.12. The Morgan fingerprint density at radius 3 is 2.38 bits per heavy atom. The van der Waals surface area contributed by atoms with Gasteiger partial charge in [0.1, 0.15) is 0 Å². The second-order valence-corrected chi connectivity index (χ2v) is 4.84. The van der Waals surface area contributed by atoms with Gasteiger partial charge in [-0.05, 0) is 43.0 Å². The molecule has 3 N–H and O–H groups in total. The molecular formula is C11H14Cl3NO. The number of nitrogens with two attached hydrogens (primary N) is 1. The van der Waals surface area contributed by atoms with E-state index in [0.29, 0.717) is 28.0 Å². The second-order valence-electron chi connectivity index (χ2n) is 3.64. The van der Waals surface area contributed by atoms with Crippen molar-refractivity contribution in [1.82, 2.24) is 0 Å². The third-order valence-corrected chi connectivity index (χ3v) is 3.73. The fourth-order valence-electron chi connectivity index (χ4n) is 1.43. The lowest BCUT2D eigenvalue weighted by atomic mass is 10.0. The second kappa shape index (κ2) is 6.67. The summed E-state index contributed by atoms with van der Waals surface area (Å²) in [5.41, 5.74) is 6.32. The maximum absolute atomic E-state index is 9.03. The summed E-state index contributed by atoms with van der Waals surface area (Å²) >= 11 is 18.0. The molecule has 0 saturated heterocycles. The average Bonchev–Trinajstić information content (AvgIpc) is 2.29. The highest BCUT2D eigenvalue weighted by molar-refractivity contribution is 6.44. The first-order valence-corrected chi connectivity index (χ1v) is 6.16. The van der Waals surface area contributed by atoms with E-state index in [9.17, 15) is 0 Å². The van der Waals surface area contributed by atoms with E-state index in [2.05, 4.69) is 0 Å². The molecule has 1 aromatic rings. The van der Waals surface area contributed by atoms with Crippen LogP contribution in [0, 0.1) is 5.92 Å². The first kappa shape index (κ1) is 14.1. The Labute approximate surface area is 110 Å². The van der Waals surface area contributed by atoms with Crippen molar-refractivity contribution in [2.75, 3.05) is 13.2 Å². The van der Waals surface area contributed by atoms with Crippen molar-refractivity contribution in [3.63, 3.8) is 0 Å². The van der Waals surface area contributed by atoms with Crippen LogP contribution in [0.1, 0.15) is 12.0 Å². The minimum absolute atomic E-state index is 0.0751. The molecule has 0 aliphatic rings. The molecule has 2 nitrogen and oxygen atoms in total. The van der Waals surface area contributed by atoms with Crippen LogP contribution in [0.5, 0.6) is 0 Å². The van der Waals surface area contributed by atoms with Crippen LogP contribution >= 0.6 is 34.8 Å². The van der Waals surface area contributed by atoms with E-state index >= 15 is 0 Å². The Hall–Kier alpha value is 0.01000. The van der Waals surface area contributed by atoms with Gasteiger partial charge in [-0.2, -0.15) is 0 Å². The van der Waals surface area contributed by atoms with Crippen LogP contribution in [-0.2, 0) is 6.42 Å². The van der Waals surface area contributed by atoms with Gasteiger partial charge >= 0.3 is 0 Å². The van der Waals surface area contributed by atoms with Gasteiger partial charge in [0.15, 0.2) is 0 Å². The Morgan fingerprint density at radius 2 is 1.81 bits per heavy atom. The summed E-state index contributed by atoms with van der Waals surface area (Å²) in [7, 11) is 0. The molecule has 0 bridgehead atoms. The summed E-state index contributed by atoms with van der Waals surface area (Å²) in [5.74, 6) is 0.0751. The zero-order chi connectivity index (χ0) is 12.1. The van der Waals surface area contributed by atoms with E-state index in [-0.39, 0.29) is 12.5 Å². The van der Waals surface area contributed by atoms with Gasteiger partial charge in [0.05, 0.1) is 10.0 Å². The third-order valence-electron chi connectivity index (χ3n) is 2.53. The Bertz CT molecular complexity index is 353. The summed E-state index contributed by atoms with van der Waals surface area (Å²) in [5, 5.41) is 10.6. The number of halogens is 3. The first-order chi connectivity index (χ1) is 7.60. The smallest absolute Gasteiger partial charge is 0.0639 e. The Balaban J connectivity index is 2.77. The molecule has 5 heteroatoms. The number of hydrogen-bond donors (Lipinski definition) is 2. The third kappa shape index (κ3) is 3.51. The largest absolute Gasteiger partial charge is 0.396 e. The molecule has 0 amide bonds. The van der Waals surface area contributed by atoms with Gasteiger partial charge in [-0.3, -0.25) is 0 Å². The molecule has 1 aromatic carbocycles. The normalized spacial score (nSPS) is 12.8. The summed E-state index contributed by atoms with van der Waals surface area (Å²) in [6.45, 7) is 0.526. The lowest BCUT2D eigenvalue weighted by Crippen LogP contribution is -2.18. The van der Waals surface area contributed by atoms with Gasteiger partial charge in [0.2, 0.25) is 0 Å². The molecule has 0 spiro atoms. The molecule has 1 unspecified atom stereocenters. The number of aliphatic hydroxyl groups excluding tert-OH is 1. The average molecular weight is 283 g/mol. The lowest BCUT2D eigenvalue weighted by molar-refractivity contribution is 0.223. The highest BCUT2D eigenvalue weighted by atomic mass is 35.5. The van der Waals surface area contributed by atoms with E-state index in [1.807, 2.05) is 0 Å². The van der Waals surface area contributed by atoms with Crippen molar-refractivity contribution in [1.29, 1.82) is 0 Å². The van der Waals surface area contributed by atoms with E-state index in [0.717, 1.165) is 12.0 Å². The van der Waals surface area contributed by atoms with Crippen LogP contribution in [0.25, 0.3) is 0 Å². The molecule has 0 fully saturated rings. The van der Waals surface area contributed by atoms with Crippen molar-refractivity contribution < 1.29 is 5.11 Å². The number of rotatable bonds is 5. The topological polar surface area (TPSA) is 46.2 Å². The highest BCUT2D eigenvalue weighted by Crippen LogP contribution is 2.32. The lowest BCUT2D eigenvalue weighted by Gasteiger charge is -2.13. The fraction of sp³-hybridized carbons (Fsp3) is 0.455. The van der Waals surface area contributed by atoms with Gasteiger partial charge in [-0.25, -0.2) is 0 Å². The molecule has 1 atom stereocenters. The summed E-state index contributed by atoms with van der Waals surface area (Å²) in [4.78, 5) is 0. The van der Waals surface area contributed by atoms with Crippen molar-refractivity contribution in [3.8, 4) is 0 Å². The predicted octanol–water partition coefficient (Wildman–Crippen LogP) is 3.15. The predicted molar refractivity (Wildman–Crippen MR) is 69.4 cm³/mol. The van der Waals surface area contributed by atoms with Crippen molar-refractivity contribution >= 4 is 34.8 Å². The van der Waals surface area contributed by atoms with Crippen molar-refractivity contribution in [2.24, 2.45) is 11.7 Å². The van der Waals surface area contributed by atoms with Crippen LogP contribution in [0.3, 0.4) is 0 Å². The van der Waals surface area contributed by atoms with Crippen LogP contribution in [0.2, 0.25) is 15.1 Å². The Morgan fingerprint density at radius 1 is 1.19 bits per heavy atom. The molecule has 0 aromatic heterocycles. The van der Waals surface area contributed by atoms with Gasteiger partial charge in [0.25, 0.3) is 0 Å². The van der Waals surface area contributed by atoms with Gasteiger partial charge in [0, 0.05) is 11.6 Å². The maximum Gasteiger partial charge on any atom is 0.0639 e. The van der Waals surface area contributed by atoms with Gasteiger partial charge in [-0.15, -0.1) is 0 Å². The Kier molecular flexibility index (Phi) is 5.87. The van der Waals surface area contributed by atoms with Gasteiger partial charge in [-0.1, -0.05) is 34.8 Å². The zero-order valence-electron chi connectivity index (χ0n) is 8.72. The molecule has 0 heterocycles. The number of aliphatic hydroxyl groups is 1. The number of benzene rings is 1. The summed E-state index contributed by atoms with van der Waals surface area (Å²) in [6.07, 6.45) is 1.41. The minimum Gasteiger partial charge on any atom is -0.396 e.